The molecule has 0 aromatic heterocycles. The number of rotatable bonds is 76. The summed E-state index contributed by atoms with van der Waals surface area (Å²) >= 11 is 0. The van der Waals surface area contributed by atoms with Gasteiger partial charge in [-0.1, -0.05) is 350 Å². The molecule has 576 valence electrons. The largest absolute Gasteiger partial charge is 0.472 e. The maximum Gasteiger partial charge on any atom is 0.472 e. The zero-order chi connectivity index (χ0) is 71.6. The Morgan fingerprint density at radius 2 is 0.526 bits per heavy atom. The molecule has 19 heteroatoms. The molecule has 97 heavy (non-hydrogen) atoms. The molecule has 0 bridgehead atoms. The monoisotopic (exact) mass is 1420 g/mol. The number of aliphatic hydroxyl groups excluding tert-OH is 1. The molecule has 0 saturated carbocycles. The number of carbonyl (C=O) groups excluding carboxylic acids is 4. The quantitative estimate of drug-likeness (QED) is 0.0222. The topological polar surface area (TPSA) is 237 Å². The lowest BCUT2D eigenvalue weighted by Crippen LogP contribution is -2.30. The number of aliphatic hydroxyl groups is 1. The van der Waals surface area contributed by atoms with Crippen molar-refractivity contribution in [3.05, 3.63) is 0 Å². The molecule has 0 aliphatic rings. The van der Waals surface area contributed by atoms with Gasteiger partial charge in [-0.15, -0.1) is 0 Å². The molecule has 0 aliphatic carbocycles. The van der Waals surface area contributed by atoms with E-state index in [1.807, 2.05) is 0 Å². The molecule has 0 fully saturated rings. The lowest BCUT2D eigenvalue weighted by molar-refractivity contribution is -0.161. The van der Waals surface area contributed by atoms with Crippen molar-refractivity contribution in [2.24, 2.45) is 17.8 Å². The maximum atomic E-state index is 13.1. The first-order valence-electron chi connectivity index (χ1n) is 40.4. The van der Waals surface area contributed by atoms with E-state index < -0.39 is 97.5 Å². The number of hydrogen-bond acceptors (Lipinski definition) is 15. The van der Waals surface area contributed by atoms with Crippen molar-refractivity contribution in [3.63, 3.8) is 0 Å². The Kier molecular flexibility index (Phi) is 67.1. The second-order valence-corrected chi connectivity index (χ2v) is 32.2. The molecule has 6 atom stereocenters. The Morgan fingerprint density at radius 3 is 0.784 bits per heavy atom. The van der Waals surface area contributed by atoms with Crippen LogP contribution in [0.2, 0.25) is 0 Å². The minimum Gasteiger partial charge on any atom is -0.462 e. The predicted molar refractivity (Wildman–Crippen MR) is 395 cm³/mol. The first kappa shape index (κ1) is 95.1. The summed E-state index contributed by atoms with van der Waals surface area (Å²) in [4.78, 5) is 72.8. The zero-order valence-corrected chi connectivity index (χ0v) is 65.3. The second kappa shape index (κ2) is 68.5. The smallest absolute Gasteiger partial charge is 0.462 e. The highest BCUT2D eigenvalue weighted by Crippen LogP contribution is 2.45. The van der Waals surface area contributed by atoms with Gasteiger partial charge in [0.15, 0.2) is 12.2 Å². The van der Waals surface area contributed by atoms with E-state index in [4.69, 9.17) is 37.0 Å². The van der Waals surface area contributed by atoms with Crippen molar-refractivity contribution in [1.82, 2.24) is 0 Å². The lowest BCUT2D eigenvalue weighted by Gasteiger charge is -2.21. The van der Waals surface area contributed by atoms with Crippen LogP contribution in [-0.4, -0.2) is 96.7 Å². The Bertz CT molecular complexity index is 1890. The number of ether oxygens (including phenoxy) is 4. The first-order chi connectivity index (χ1) is 46.8. The third kappa shape index (κ3) is 70.9. The molecule has 3 N–H and O–H groups in total. The number of hydrogen-bond donors (Lipinski definition) is 3. The van der Waals surface area contributed by atoms with Gasteiger partial charge < -0.3 is 33.8 Å². The average Bonchev–Trinajstić information content (AvgIpc) is 1.09. The summed E-state index contributed by atoms with van der Waals surface area (Å²) in [5, 5.41) is 10.6. The van der Waals surface area contributed by atoms with Crippen molar-refractivity contribution in [3.8, 4) is 0 Å². The third-order valence-electron chi connectivity index (χ3n) is 18.5. The molecule has 17 nitrogen and oxygen atoms in total. The zero-order valence-electron chi connectivity index (χ0n) is 63.5. The van der Waals surface area contributed by atoms with E-state index in [0.717, 1.165) is 108 Å². The normalized spacial score (nSPS) is 14.3. The minimum absolute atomic E-state index is 0.102. The molecular formula is C78H152O17P2. The Morgan fingerprint density at radius 1 is 0.299 bits per heavy atom. The van der Waals surface area contributed by atoms with Crippen molar-refractivity contribution >= 4 is 39.5 Å². The van der Waals surface area contributed by atoms with E-state index in [1.165, 1.54) is 205 Å². The van der Waals surface area contributed by atoms with Crippen LogP contribution in [-0.2, 0) is 65.4 Å². The number of unbranched alkanes of at least 4 members (excludes halogenated alkanes) is 43. The van der Waals surface area contributed by atoms with Gasteiger partial charge in [0.05, 0.1) is 26.4 Å². The second-order valence-electron chi connectivity index (χ2n) is 29.3. The van der Waals surface area contributed by atoms with Gasteiger partial charge in [-0.3, -0.25) is 37.3 Å². The van der Waals surface area contributed by atoms with Gasteiger partial charge in [0, 0.05) is 25.7 Å². The van der Waals surface area contributed by atoms with Crippen LogP contribution in [0.25, 0.3) is 0 Å². The summed E-state index contributed by atoms with van der Waals surface area (Å²) in [6, 6.07) is 0. The number of esters is 4. The van der Waals surface area contributed by atoms with E-state index >= 15 is 0 Å². The van der Waals surface area contributed by atoms with E-state index in [2.05, 4.69) is 48.5 Å². The highest BCUT2D eigenvalue weighted by molar-refractivity contribution is 7.47. The lowest BCUT2D eigenvalue weighted by atomic mass is 10.00. The summed E-state index contributed by atoms with van der Waals surface area (Å²) in [5.74, 6) is 0.0873. The molecule has 0 aromatic carbocycles. The summed E-state index contributed by atoms with van der Waals surface area (Å²) < 4.78 is 68.5. The molecule has 0 rings (SSSR count). The van der Waals surface area contributed by atoms with Crippen molar-refractivity contribution in [2.45, 2.75) is 420 Å². The molecule has 0 aliphatic heterocycles. The standard InChI is InChI=1S/C78H152O17P2/c1-8-10-11-12-13-14-15-16-17-18-19-20-24-27-30-33-36-45-52-59-75(80)88-65-73(94-77(82)61-54-47-37-34-31-28-25-22-21-23-26-29-32-35-42-49-56-69(3)4)67-92-96(84,85)90-63-72(79)64-91-97(86,87)93-68-74(66-89-76(81)60-53-46-40-38-43-50-57-70(5)6)95-78(83)62-55-48-41-39-44-51-58-71(7)9-2/h69-74,79H,8-68H2,1-7H3,(H,84,85)(H,86,87)/t71?,72-,73-,74-/m1/s1. The predicted octanol–water partition coefficient (Wildman–Crippen LogP) is 23.0. The molecule has 0 aromatic rings. The average molecular weight is 1420 g/mol. The molecule has 0 saturated heterocycles. The fourth-order valence-electron chi connectivity index (χ4n) is 11.9. The van der Waals surface area contributed by atoms with Crippen LogP contribution in [0.15, 0.2) is 0 Å². The van der Waals surface area contributed by atoms with Crippen LogP contribution in [0.4, 0.5) is 0 Å². The molecule has 3 unspecified atom stereocenters. The summed E-state index contributed by atoms with van der Waals surface area (Å²) in [7, 11) is -9.91. The van der Waals surface area contributed by atoms with Gasteiger partial charge in [-0.2, -0.15) is 0 Å². The van der Waals surface area contributed by atoms with Crippen LogP contribution >= 0.6 is 15.6 Å². The highest BCUT2D eigenvalue weighted by atomic mass is 31.2. The van der Waals surface area contributed by atoms with Gasteiger partial charge in [-0.25, -0.2) is 9.13 Å². The van der Waals surface area contributed by atoms with E-state index in [0.29, 0.717) is 31.6 Å². The van der Waals surface area contributed by atoms with Gasteiger partial charge in [-0.05, 0) is 43.4 Å². The van der Waals surface area contributed by atoms with Gasteiger partial charge in [0.25, 0.3) is 0 Å². The van der Waals surface area contributed by atoms with Crippen LogP contribution in [0.1, 0.15) is 402 Å². The van der Waals surface area contributed by atoms with Crippen molar-refractivity contribution in [2.75, 3.05) is 39.6 Å². The van der Waals surface area contributed by atoms with Gasteiger partial charge in [0.1, 0.15) is 19.3 Å². The summed E-state index contributed by atoms with van der Waals surface area (Å²) in [6.07, 6.45) is 55.9. The highest BCUT2D eigenvalue weighted by Gasteiger charge is 2.30. The van der Waals surface area contributed by atoms with E-state index in [9.17, 15) is 43.2 Å². The number of phosphoric acid groups is 2. The SMILES string of the molecule is CCCCCCCCCCCCCCCCCCCCCC(=O)OC[C@H](COP(=O)(O)OC[C@@H](O)COP(=O)(O)OC[C@@H](COC(=O)CCCCCCCCC(C)C)OC(=O)CCCCCCCCC(C)CC)OC(=O)CCCCCCCCCCCCCCCCCCC(C)C. The Hall–Kier alpha value is -1.94. The van der Waals surface area contributed by atoms with Crippen molar-refractivity contribution < 1.29 is 80.2 Å². The van der Waals surface area contributed by atoms with Gasteiger partial charge >= 0.3 is 39.5 Å². The van der Waals surface area contributed by atoms with E-state index in [-0.39, 0.29) is 25.7 Å². The molecule has 0 heterocycles. The number of carbonyl (C=O) groups is 4. The van der Waals surface area contributed by atoms with E-state index in [1.54, 1.807) is 0 Å². The van der Waals surface area contributed by atoms with Crippen LogP contribution in [0.5, 0.6) is 0 Å². The molecule has 0 radical (unpaired) electrons. The molecule has 0 amide bonds. The number of phosphoric ester groups is 2. The fraction of sp³-hybridized carbons (Fsp3) is 0.949. The van der Waals surface area contributed by atoms with Gasteiger partial charge in [0.2, 0.25) is 0 Å². The Labute approximate surface area is 594 Å². The fourth-order valence-corrected chi connectivity index (χ4v) is 13.5. The van der Waals surface area contributed by atoms with Crippen molar-refractivity contribution in [1.29, 1.82) is 0 Å². The van der Waals surface area contributed by atoms with Crippen LogP contribution in [0, 0.1) is 17.8 Å². The Balaban J connectivity index is 5.20. The molecular weight excluding hydrogens is 1270 g/mol. The summed E-state index contributed by atoms with van der Waals surface area (Å²) in [6.45, 7) is 11.8. The van der Waals surface area contributed by atoms with Crippen LogP contribution < -0.4 is 0 Å². The summed E-state index contributed by atoms with van der Waals surface area (Å²) in [5.41, 5.74) is 0. The third-order valence-corrected chi connectivity index (χ3v) is 20.4. The first-order valence-corrected chi connectivity index (χ1v) is 43.4. The van der Waals surface area contributed by atoms with Crippen LogP contribution in [0.3, 0.4) is 0 Å². The molecule has 0 spiro atoms. The minimum atomic E-state index is -4.96. The maximum absolute atomic E-state index is 13.1.